The van der Waals surface area contributed by atoms with E-state index in [0.717, 1.165) is 23.1 Å². The summed E-state index contributed by atoms with van der Waals surface area (Å²) in [4.78, 5) is 32.2. The average molecular weight is 446 g/mol. The molecular formula is C27H28FN3O2. The summed E-state index contributed by atoms with van der Waals surface area (Å²) in [5, 5.41) is 2.99. The minimum Gasteiger partial charge on any atom is -0.356 e. The molecule has 1 atom stereocenters. The Morgan fingerprint density at radius 2 is 1.79 bits per heavy atom. The lowest BCUT2D eigenvalue weighted by Gasteiger charge is -2.42. The highest BCUT2D eigenvalue weighted by Crippen LogP contribution is 2.36. The van der Waals surface area contributed by atoms with Gasteiger partial charge in [-0.1, -0.05) is 36.4 Å². The van der Waals surface area contributed by atoms with E-state index in [0.29, 0.717) is 38.0 Å². The number of pyridine rings is 1. The molecule has 5 nitrogen and oxygen atoms in total. The number of aromatic nitrogens is 1. The summed E-state index contributed by atoms with van der Waals surface area (Å²) in [6.45, 7) is 3.40. The average Bonchev–Trinajstić information content (AvgIpc) is 2.84. The van der Waals surface area contributed by atoms with E-state index < -0.39 is 5.41 Å². The molecule has 1 unspecified atom stereocenters. The van der Waals surface area contributed by atoms with Crippen LogP contribution in [0.4, 0.5) is 4.39 Å². The van der Waals surface area contributed by atoms with Crippen molar-refractivity contribution in [2.45, 2.75) is 26.2 Å². The fraction of sp³-hybridized carbons (Fsp3) is 0.296. The van der Waals surface area contributed by atoms with Crippen molar-refractivity contribution in [3.63, 3.8) is 0 Å². The number of benzene rings is 2. The Morgan fingerprint density at radius 3 is 2.52 bits per heavy atom. The first-order valence-electron chi connectivity index (χ1n) is 11.3. The summed E-state index contributed by atoms with van der Waals surface area (Å²) in [7, 11) is 0. The van der Waals surface area contributed by atoms with Crippen LogP contribution in [0.5, 0.6) is 0 Å². The molecule has 33 heavy (non-hydrogen) atoms. The maximum atomic E-state index is 13.7. The summed E-state index contributed by atoms with van der Waals surface area (Å²) in [5.41, 5.74) is 2.53. The van der Waals surface area contributed by atoms with Crippen LogP contribution >= 0.6 is 0 Å². The van der Waals surface area contributed by atoms with E-state index in [4.69, 9.17) is 0 Å². The normalized spacial score (nSPS) is 18.1. The van der Waals surface area contributed by atoms with Crippen LogP contribution in [0.15, 0.2) is 73.1 Å². The zero-order valence-electron chi connectivity index (χ0n) is 18.8. The topological polar surface area (TPSA) is 62.3 Å². The van der Waals surface area contributed by atoms with Crippen LogP contribution in [0.1, 0.15) is 35.7 Å². The number of nitrogens with zero attached hydrogens (tertiary/aromatic N) is 2. The molecule has 2 heterocycles. The van der Waals surface area contributed by atoms with Gasteiger partial charge in [0, 0.05) is 37.6 Å². The molecule has 1 aliphatic rings. The molecule has 0 spiro atoms. The third-order valence-corrected chi connectivity index (χ3v) is 6.24. The summed E-state index contributed by atoms with van der Waals surface area (Å²) in [6.07, 6.45) is 5.15. The maximum absolute atomic E-state index is 13.7. The zero-order chi connectivity index (χ0) is 23.3. The van der Waals surface area contributed by atoms with Crippen molar-refractivity contribution in [3.8, 4) is 11.1 Å². The number of nitrogens with one attached hydrogen (secondary N) is 1. The van der Waals surface area contributed by atoms with E-state index >= 15 is 0 Å². The minimum atomic E-state index is -0.725. The van der Waals surface area contributed by atoms with E-state index in [1.807, 2.05) is 37.3 Å². The van der Waals surface area contributed by atoms with Gasteiger partial charge in [-0.05, 0) is 67.1 Å². The first-order valence-corrected chi connectivity index (χ1v) is 11.3. The second-order valence-corrected chi connectivity index (χ2v) is 8.59. The number of rotatable bonds is 6. The first-order chi connectivity index (χ1) is 16.0. The van der Waals surface area contributed by atoms with E-state index in [-0.39, 0.29) is 17.6 Å². The standard InChI is InChI=1S/C27H28FN3O2/c1-2-30-26(33)27(12-5-15-31(19-27)25(32)21-10-13-29-14-11-21)18-20-6-3-7-22(16-20)23-8-4-9-24(28)17-23/h3-4,6-11,13-14,16-17H,2,5,12,15,18-19H2,1H3,(H,30,33). The van der Waals surface area contributed by atoms with Crippen molar-refractivity contribution in [1.29, 1.82) is 0 Å². The van der Waals surface area contributed by atoms with E-state index in [9.17, 15) is 14.0 Å². The summed E-state index contributed by atoms with van der Waals surface area (Å²) >= 11 is 0. The van der Waals surface area contributed by atoms with Gasteiger partial charge in [0.15, 0.2) is 0 Å². The Kier molecular flexibility index (Phi) is 6.82. The molecule has 1 fully saturated rings. The van der Waals surface area contributed by atoms with Crippen molar-refractivity contribution in [2.75, 3.05) is 19.6 Å². The third-order valence-electron chi connectivity index (χ3n) is 6.24. The molecule has 1 saturated heterocycles. The highest BCUT2D eigenvalue weighted by atomic mass is 19.1. The fourth-order valence-corrected chi connectivity index (χ4v) is 4.66. The Labute approximate surface area is 193 Å². The summed E-state index contributed by atoms with van der Waals surface area (Å²) < 4.78 is 13.7. The van der Waals surface area contributed by atoms with Gasteiger partial charge in [0.05, 0.1) is 5.41 Å². The molecule has 1 N–H and O–H groups in total. The highest BCUT2D eigenvalue weighted by molar-refractivity contribution is 5.95. The van der Waals surface area contributed by atoms with Crippen molar-refractivity contribution in [2.24, 2.45) is 5.41 Å². The number of hydrogen-bond acceptors (Lipinski definition) is 3. The zero-order valence-corrected chi connectivity index (χ0v) is 18.8. The predicted octanol–water partition coefficient (Wildman–Crippen LogP) is 4.49. The lowest BCUT2D eigenvalue weighted by molar-refractivity contribution is -0.133. The smallest absolute Gasteiger partial charge is 0.253 e. The molecule has 1 aromatic heterocycles. The molecule has 6 heteroatoms. The Hall–Kier alpha value is -3.54. The van der Waals surface area contributed by atoms with Gasteiger partial charge in [-0.3, -0.25) is 14.6 Å². The van der Waals surface area contributed by atoms with Gasteiger partial charge >= 0.3 is 0 Å². The Bertz CT molecular complexity index is 1130. The van der Waals surface area contributed by atoms with Gasteiger partial charge in [-0.15, -0.1) is 0 Å². The van der Waals surface area contributed by atoms with Gasteiger partial charge < -0.3 is 10.2 Å². The lowest BCUT2D eigenvalue weighted by atomic mass is 9.73. The number of hydrogen-bond donors (Lipinski definition) is 1. The molecule has 1 aliphatic heterocycles. The Balaban J connectivity index is 1.63. The first kappa shape index (κ1) is 22.6. The second kappa shape index (κ2) is 9.94. The molecule has 170 valence electrons. The van der Waals surface area contributed by atoms with Crippen molar-refractivity contribution >= 4 is 11.8 Å². The molecule has 4 rings (SSSR count). The monoisotopic (exact) mass is 445 g/mol. The molecule has 0 saturated carbocycles. The van der Waals surface area contributed by atoms with Crippen LogP contribution in [0.2, 0.25) is 0 Å². The van der Waals surface area contributed by atoms with Crippen LogP contribution in [-0.2, 0) is 11.2 Å². The number of carbonyl (C=O) groups excluding carboxylic acids is 2. The quantitative estimate of drug-likeness (QED) is 0.608. The van der Waals surface area contributed by atoms with Gasteiger partial charge in [-0.2, -0.15) is 0 Å². The van der Waals surface area contributed by atoms with Crippen LogP contribution in [0.25, 0.3) is 11.1 Å². The van der Waals surface area contributed by atoms with Crippen molar-refractivity contribution < 1.29 is 14.0 Å². The number of halogens is 1. The largest absolute Gasteiger partial charge is 0.356 e. The van der Waals surface area contributed by atoms with Crippen LogP contribution in [0.3, 0.4) is 0 Å². The third kappa shape index (κ3) is 5.11. The van der Waals surface area contributed by atoms with E-state index in [2.05, 4.69) is 10.3 Å². The molecule has 2 aromatic carbocycles. The number of carbonyl (C=O) groups is 2. The van der Waals surface area contributed by atoms with Gasteiger partial charge in [0.2, 0.25) is 5.91 Å². The van der Waals surface area contributed by atoms with Gasteiger partial charge in [0.1, 0.15) is 5.82 Å². The molecule has 0 bridgehead atoms. The number of amides is 2. The summed E-state index contributed by atoms with van der Waals surface area (Å²) in [6, 6.07) is 17.8. The number of piperidine rings is 1. The van der Waals surface area contributed by atoms with Crippen LogP contribution in [0, 0.1) is 11.2 Å². The fourth-order valence-electron chi connectivity index (χ4n) is 4.66. The molecular weight excluding hydrogens is 417 g/mol. The van der Waals surface area contributed by atoms with E-state index in [1.165, 1.54) is 12.1 Å². The van der Waals surface area contributed by atoms with Crippen LogP contribution in [-0.4, -0.2) is 41.3 Å². The van der Waals surface area contributed by atoms with Gasteiger partial charge in [0.25, 0.3) is 5.91 Å². The maximum Gasteiger partial charge on any atom is 0.253 e. The molecule has 3 aromatic rings. The minimum absolute atomic E-state index is 0.0339. The predicted molar refractivity (Wildman–Crippen MR) is 126 cm³/mol. The van der Waals surface area contributed by atoms with Crippen molar-refractivity contribution in [3.05, 3.63) is 90.0 Å². The second-order valence-electron chi connectivity index (χ2n) is 8.59. The Morgan fingerprint density at radius 1 is 1.06 bits per heavy atom. The highest BCUT2D eigenvalue weighted by Gasteiger charge is 2.43. The molecule has 2 amide bonds. The van der Waals surface area contributed by atoms with Gasteiger partial charge in [-0.25, -0.2) is 4.39 Å². The van der Waals surface area contributed by atoms with Crippen molar-refractivity contribution in [1.82, 2.24) is 15.2 Å². The van der Waals surface area contributed by atoms with Crippen LogP contribution < -0.4 is 5.32 Å². The van der Waals surface area contributed by atoms with E-state index in [1.54, 1.807) is 35.5 Å². The number of likely N-dealkylation sites (tertiary alicyclic amines) is 1. The SMILES string of the molecule is CCNC(=O)C1(Cc2cccc(-c3cccc(F)c3)c2)CCCN(C(=O)c2ccncc2)C1. The molecule has 0 aliphatic carbocycles. The summed E-state index contributed by atoms with van der Waals surface area (Å²) in [5.74, 6) is -0.401. The molecule has 0 radical (unpaired) electrons. The lowest BCUT2D eigenvalue weighted by Crippen LogP contribution is -2.54.